The van der Waals surface area contributed by atoms with E-state index in [1.54, 1.807) is 10.9 Å². The number of ketones is 1. The molecule has 1 heterocycles. The number of carbonyl (C=O) groups is 1. The number of likely N-dealkylation sites (N-methyl/N-ethyl adjacent to an activating group) is 1. The number of aryl methyl sites for hydroxylation is 1. The Labute approximate surface area is 110 Å². The molecule has 0 unspecified atom stereocenters. The summed E-state index contributed by atoms with van der Waals surface area (Å²) in [5, 5.41) is 4.13. The Morgan fingerprint density at radius 3 is 2.47 bits per heavy atom. The van der Waals surface area contributed by atoms with Crippen LogP contribution in [0.25, 0.3) is 0 Å². The van der Waals surface area contributed by atoms with Gasteiger partial charge in [0.25, 0.3) is 0 Å². The number of halogens is 1. The quantitative estimate of drug-likeness (QED) is 0.804. The Bertz CT molecular complexity index is 413. The van der Waals surface area contributed by atoms with E-state index in [-0.39, 0.29) is 11.3 Å². The van der Waals surface area contributed by atoms with Crippen molar-refractivity contribution in [3.05, 3.63) is 16.4 Å². The van der Waals surface area contributed by atoms with Crippen LogP contribution in [0.5, 0.6) is 0 Å². The maximum atomic E-state index is 12.8. The molecule has 0 amide bonds. The summed E-state index contributed by atoms with van der Waals surface area (Å²) in [6.45, 7) is 0. The second-order valence-electron chi connectivity index (χ2n) is 4.93. The third-order valence-corrected chi connectivity index (χ3v) is 4.40. The number of Topliss-reactive ketones (excluding diaryl/α,β-unsaturated/α-hetero) is 1. The third kappa shape index (κ3) is 1.95. The fraction of sp³-hybridized carbons (Fsp3) is 0.667. The molecule has 1 saturated carbocycles. The first-order valence-electron chi connectivity index (χ1n) is 5.89. The van der Waals surface area contributed by atoms with Gasteiger partial charge >= 0.3 is 0 Å². The van der Waals surface area contributed by atoms with Gasteiger partial charge in [0.05, 0.1) is 16.2 Å². The van der Waals surface area contributed by atoms with Gasteiger partial charge in [0.2, 0.25) is 5.78 Å². The number of hydrogen-bond acceptors (Lipinski definition) is 3. The molecular formula is C12H18BrN3O. The molecule has 0 saturated heterocycles. The van der Waals surface area contributed by atoms with Crippen LogP contribution in [0.4, 0.5) is 0 Å². The molecule has 1 aliphatic carbocycles. The average molecular weight is 300 g/mol. The largest absolute Gasteiger partial charge is 0.297 e. The summed E-state index contributed by atoms with van der Waals surface area (Å²) in [4.78, 5) is 14.9. The number of aromatic nitrogens is 2. The molecule has 1 aromatic heterocycles. The summed E-state index contributed by atoms with van der Waals surface area (Å²) < 4.78 is 2.45. The number of carbonyl (C=O) groups excluding carboxylic acids is 1. The Morgan fingerprint density at radius 2 is 2.06 bits per heavy atom. The Hall–Kier alpha value is -0.680. The highest BCUT2D eigenvalue weighted by Gasteiger charge is 2.44. The molecule has 0 aliphatic heterocycles. The van der Waals surface area contributed by atoms with Gasteiger partial charge in [-0.1, -0.05) is 12.8 Å². The van der Waals surface area contributed by atoms with Crippen molar-refractivity contribution < 1.29 is 4.79 Å². The van der Waals surface area contributed by atoms with E-state index in [1.807, 2.05) is 21.1 Å². The molecule has 0 radical (unpaired) electrons. The highest BCUT2D eigenvalue weighted by Crippen LogP contribution is 2.37. The summed E-state index contributed by atoms with van der Waals surface area (Å²) in [6, 6.07) is 0. The maximum Gasteiger partial charge on any atom is 0.202 e. The van der Waals surface area contributed by atoms with Crippen LogP contribution < -0.4 is 0 Å². The minimum atomic E-state index is -0.337. The summed E-state index contributed by atoms with van der Waals surface area (Å²) >= 11 is 3.42. The van der Waals surface area contributed by atoms with Crippen LogP contribution in [-0.2, 0) is 7.05 Å². The van der Waals surface area contributed by atoms with E-state index in [2.05, 4.69) is 25.9 Å². The van der Waals surface area contributed by atoms with Gasteiger partial charge in [0.1, 0.15) is 5.69 Å². The zero-order chi connectivity index (χ0) is 12.6. The molecule has 0 aromatic carbocycles. The number of rotatable bonds is 3. The van der Waals surface area contributed by atoms with E-state index < -0.39 is 0 Å². The first-order valence-corrected chi connectivity index (χ1v) is 6.68. The Balaban J connectivity index is 2.42. The molecule has 4 nitrogen and oxygen atoms in total. The predicted octanol–water partition coefficient (Wildman–Crippen LogP) is 2.24. The highest BCUT2D eigenvalue weighted by atomic mass is 79.9. The lowest BCUT2D eigenvalue weighted by Crippen LogP contribution is -2.49. The van der Waals surface area contributed by atoms with Gasteiger partial charge in [-0.25, -0.2) is 0 Å². The fourth-order valence-corrected chi connectivity index (χ4v) is 3.25. The van der Waals surface area contributed by atoms with Crippen molar-refractivity contribution >= 4 is 21.7 Å². The maximum absolute atomic E-state index is 12.8. The smallest absolute Gasteiger partial charge is 0.202 e. The van der Waals surface area contributed by atoms with E-state index in [4.69, 9.17) is 0 Å². The van der Waals surface area contributed by atoms with Crippen LogP contribution in [0.3, 0.4) is 0 Å². The van der Waals surface area contributed by atoms with Crippen LogP contribution in [0.1, 0.15) is 36.2 Å². The number of hydrogen-bond donors (Lipinski definition) is 0. The van der Waals surface area contributed by atoms with Gasteiger partial charge in [-0.15, -0.1) is 0 Å². The second-order valence-corrected chi connectivity index (χ2v) is 5.78. The monoisotopic (exact) mass is 299 g/mol. The average Bonchev–Trinajstić information content (AvgIpc) is 2.86. The molecule has 5 heteroatoms. The van der Waals surface area contributed by atoms with Crippen molar-refractivity contribution in [1.82, 2.24) is 14.7 Å². The topological polar surface area (TPSA) is 38.1 Å². The first-order chi connectivity index (χ1) is 7.99. The van der Waals surface area contributed by atoms with E-state index in [0.717, 1.165) is 30.2 Å². The summed E-state index contributed by atoms with van der Waals surface area (Å²) in [5.74, 6) is 0.187. The SMILES string of the molecule is CN(C)C1(C(=O)c2c(Br)cnn2C)CCCC1. The third-order valence-electron chi connectivity index (χ3n) is 3.82. The normalized spacial score (nSPS) is 18.9. The summed E-state index contributed by atoms with van der Waals surface area (Å²) in [5.41, 5.74) is 0.344. The van der Waals surface area contributed by atoms with Crippen LogP contribution in [-0.4, -0.2) is 40.1 Å². The first kappa shape index (κ1) is 12.8. The zero-order valence-corrected chi connectivity index (χ0v) is 12.1. The van der Waals surface area contributed by atoms with Crippen molar-refractivity contribution in [2.45, 2.75) is 31.2 Å². The lowest BCUT2D eigenvalue weighted by Gasteiger charge is -2.34. The van der Waals surface area contributed by atoms with Gasteiger partial charge in [0.15, 0.2) is 0 Å². The molecule has 17 heavy (non-hydrogen) atoms. The minimum Gasteiger partial charge on any atom is -0.297 e. The van der Waals surface area contributed by atoms with Crippen LogP contribution in [0.2, 0.25) is 0 Å². The molecule has 1 aliphatic rings. The van der Waals surface area contributed by atoms with Gasteiger partial charge in [-0.2, -0.15) is 5.10 Å². The van der Waals surface area contributed by atoms with Crippen molar-refractivity contribution in [2.75, 3.05) is 14.1 Å². The standard InChI is InChI=1S/C12H18BrN3O/c1-15(2)12(6-4-5-7-12)11(17)10-9(13)8-14-16(10)3/h8H,4-7H2,1-3H3. The molecule has 1 aromatic rings. The van der Waals surface area contributed by atoms with E-state index in [0.29, 0.717) is 5.69 Å². The van der Waals surface area contributed by atoms with Crippen molar-refractivity contribution in [3.8, 4) is 0 Å². The van der Waals surface area contributed by atoms with Gasteiger partial charge < -0.3 is 0 Å². The predicted molar refractivity (Wildman–Crippen MR) is 70.1 cm³/mol. The van der Waals surface area contributed by atoms with Crippen molar-refractivity contribution in [3.63, 3.8) is 0 Å². The van der Waals surface area contributed by atoms with Crippen LogP contribution in [0.15, 0.2) is 10.7 Å². The lowest BCUT2D eigenvalue weighted by molar-refractivity contribution is 0.0682. The molecule has 0 bridgehead atoms. The molecule has 0 N–H and O–H groups in total. The molecule has 94 valence electrons. The van der Waals surface area contributed by atoms with Gasteiger partial charge in [0, 0.05) is 7.05 Å². The Kier molecular flexibility index (Phi) is 3.41. The lowest BCUT2D eigenvalue weighted by atomic mass is 9.88. The zero-order valence-electron chi connectivity index (χ0n) is 10.5. The van der Waals surface area contributed by atoms with E-state index in [1.165, 1.54) is 0 Å². The molecule has 0 atom stereocenters. The van der Waals surface area contributed by atoms with Crippen LogP contribution in [0, 0.1) is 0 Å². The molecule has 2 rings (SSSR count). The van der Waals surface area contributed by atoms with E-state index in [9.17, 15) is 4.79 Å². The van der Waals surface area contributed by atoms with Gasteiger partial charge in [-0.3, -0.25) is 14.4 Å². The van der Waals surface area contributed by atoms with Crippen LogP contribution >= 0.6 is 15.9 Å². The Morgan fingerprint density at radius 1 is 1.47 bits per heavy atom. The highest BCUT2D eigenvalue weighted by molar-refractivity contribution is 9.10. The molecule has 0 spiro atoms. The minimum absolute atomic E-state index is 0.187. The molecule has 1 fully saturated rings. The van der Waals surface area contributed by atoms with Gasteiger partial charge in [-0.05, 0) is 42.9 Å². The number of nitrogens with zero attached hydrogens (tertiary/aromatic N) is 3. The summed E-state index contributed by atoms with van der Waals surface area (Å²) in [7, 11) is 5.80. The molecular weight excluding hydrogens is 282 g/mol. The van der Waals surface area contributed by atoms with Crippen molar-refractivity contribution in [1.29, 1.82) is 0 Å². The second kappa shape index (κ2) is 4.53. The fourth-order valence-electron chi connectivity index (χ4n) is 2.72. The summed E-state index contributed by atoms with van der Waals surface area (Å²) in [6.07, 6.45) is 5.82. The van der Waals surface area contributed by atoms with Crippen molar-refractivity contribution in [2.24, 2.45) is 7.05 Å². The van der Waals surface area contributed by atoms with E-state index >= 15 is 0 Å².